The third kappa shape index (κ3) is 60.8. The highest BCUT2D eigenvalue weighted by Crippen LogP contribution is 2.18. The molecule has 1 fully saturated rings. The monoisotopic (exact) mass is 1510 g/mol. The lowest BCUT2D eigenvalue weighted by Crippen LogP contribution is -2.61. The number of hydrogen-bond donors (Lipinski definition) is 2. The van der Waals surface area contributed by atoms with Crippen molar-refractivity contribution in [2.45, 2.75) is 335 Å². The van der Waals surface area contributed by atoms with Gasteiger partial charge in [0.15, 0.2) is 10.2 Å². The van der Waals surface area contributed by atoms with E-state index in [0.717, 1.165) is 203 Å². The molecule has 1 heterocycles. The molecule has 2 atom stereocenters. The molecule has 1 rings (SSSR count). The fourth-order valence-corrected chi connectivity index (χ4v) is 13.0. The van der Waals surface area contributed by atoms with Crippen LogP contribution in [0, 0.1) is 0 Å². The van der Waals surface area contributed by atoms with Crippen LogP contribution in [0.25, 0.3) is 0 Å². The van der Waals surface area contributed by atoms with Crippen molar-refractivity contribution in [3.63, 3.8) is 0 Å². The van der Waals surface area contributed by atoms with Gasteiger partial charge in [-0.05, 0) is 64.2 Å². The Balaban J connectivity index is 2.62. The first-order valence-corrected chi connectivity index (χ1v) is 42.1. The molecule has 104 heavy (non-hydrogen) atoms. The molecule has 1 aliphatic heterocycles. The van der Waals surface area contributed by atoms with Crippen molar-refractivity contribution in [3.05, 3.63) is 0 Å². The number of unbranched alkanes of at least 4 members (excludes halogenated alkanes) is 28. The fourth-order valence-electron chi connectivity index (χ4n) is 11.3. The third-order valence-electron chi connectivity index (χ3n) is 17.9. The van der Waals surface area contributed by atoms with Gasteiger partial charge in [0.1, 0.15) is 12.1 Å². The number of amides is 2. The van der Waals surface area contributed by atoms with Gasteiger partial charge in [-0.1, -0.05) is 218 Å². The number of thioether (sulfide) groups is 2. The minimum absolute atomic E-state index is 0.0342. The van der Waals surface area contributed by atoms with Gasteiger partial charge in [-0.2, -0.15) is 0 Å². The zero-order chi connectivity index (χ0) is 76.1. The fraction of sp³-hybridized carbons (Fsp3) is 0.846. The van der Waals surface area contributed by atoms with Crippen LogP contribution in [-0.4, -0.2) is 182 Å². The molecule has 0 bridgehead atoms. The van der Waals surface area contributed by atoms with Gasteiger partial charge in [0, 0.05) is 89.3 Å². The van der Waals surface area contributed by atoms with E-state index in [9.17, 15) is 57.5 Å². The van der Waals surface area contributed by atoms with E-state index >= 15 is 0 Å². The lowest BCUT2D eigenvalue weighted by Gasteiger charge is -2.29. The zero-order valence-electron chi connectivity index (χ0n) is 64.5. The third-order valence-corrected chi connectivity index (χ3v) is 19.7. The summed E-state index contributed by atoms with van der Waals surface area (Å²) in [4.78, 5) is 156. The van der Waals surface area contributed by atoms with Crippen LogP contribution in [0.15, 0.2) is 0 Å². The maximum absolute atomic E-state index is 13.2. The minimum atomic E-state index is -0.969. The van der Waals surface area contributed by atoms with Crippen molar-refractivity contribution in [2.75, 3.05) is 90.8 Å². The lowest BCUT2D eigenvalue weighted by atomic mass is 10.0. The topological polar surface area (TPSA) is 309 Å². The average Bonchev–Trinajstić information content (AvgIpc) is 0.845. The van der Waals surface area contributed by atoms with Crippen molar-refractivity contribution in [3.8, 4) is 0 Å². The van der Waals surface area contributed by atoms with Crippen LogP contribution in [0.5, 0.6) is 0 Å². The standard InChI is InChI=1S/C78H136N4O20S2/c1-5-9-13-23-31-39-67(83)95-57-35-27-19-17-21-29-37-59-97-71(87)47-51-81(53-49-73(89)101-63-99-69(85)41-33-25-15-11-7-3)55-61-103-75(91)45-43-65-77(93)80-66(78(94)79-65)44-46-76(92)104-62-56-82(54-50-74(90)102-64-100-70(86)42-34-26-16-12-8-4)52-48-72(88)98-60-38-30-22-18-20-28-36-58-96-68(84)40-32-24-14-10-6-2/h65-66H,5-64H2,1-4H3,(H,79,94)(H,80,93). The van der Waals surface area contributed by atoms with E-state index in [1.165, 1.54) is 25.7 Å². The first-order valence-electron chi connectivity index (χ1n) is 40.1. The molecule has 0 radical (unpaired) electrons. The van der Waals surface area contributed by atoms with Crippen molar-refractivity contribution >= 4 is 93.3 Å². The number of ether oxygens (including phenoxy) is 8. The van der Waals surface area contributed by atoms with Crippen LogP contribution in [0.1, 0.15) is 323 Å². The molecule has 600 valence electrons. The Labute approximate surface area is 632 Å². The van der Waals surface area contributed by atoms with Crippen LogP contribution in [0.3, 0.4) is 0 Å². The van der Waals surface area contributed by atoms with E-state index in [-0.39, 0.29) is 138 Å². The summed E-state index contributed by atoms with van der Waals surface area (Å²) in [5.41, 5.74) is 0. The quantitative estimate of drug-likeness (QED) is 0.0247. The van der Waals surface area contributed by atoms with Crippen molar-refractivity contribution < 1.29 is 95.4 Å². The molecule has 1 aliphatic rings. The van der Waals surface area contributed by atoms with Crippen LogP contribution >= 0.6 is 23.5 Å². The number of nitrogens with one attached hydrogen (secondary N) is 2. The Hall–Kier alpha value is -5.34. The number of carbonyl (C=O) groups is 12. The van der Waals surface area contributed by atoms with Crippen LogP contribution in [-0.2, 0) is 95.4 Å². The summed E-state index contributed by atoms with van der Waals surface area (Å²) in [6.07, 6.45) is 35.1. The Morgan fingerprint density at radius 1 is 0.279 bits per heavy atom. The summed E-state index contributed by atoms with van der Waals surface area (Å²) in [6.45, 7) is 10.6. The van der Waals surface area contributed by atoms with Gasteiger partial charge in [-0.15, -0.1) is 0 Å². The summed E-state index contributed by atoms with van der Waals surface area (Å²) in [7, 11) is 0. The molecule has 0 saturated carbocycles. The second-order valence-corrected chi connectivity index (χ2v) is 29.4. The number of carbonyl (C=O) groups excluding carboxylic acids is 12. The van der Waals surface area contributed by atoms with E-state index in [4.69, 9.17) is 37.9 Å². The van der Waals surface area contributed by atoms with E-state index in [1.807, 2.05) is 9.80 Å². The predicted molar refractivity (Wildman–Crippen MR) is 405 cm³/mol. The molecule has 26 heteroatoms. The lowest BCUT2D eigenvalue weighted by molar-refractivity contribution is -0.169. The van der Waals surface area contributed by atoms with Gasteiger partial charge < -0.3 is 58.3 Å². The predicted octanol–water partition coefficient (Wildman–Crippen LogP) is 14.4. The summed E-state index contributed by atoms with van der Waals surface area (Å²) < 4.78 is 42.3. The number of rotatable bonds is 72. The molecule has 2 unspecified atom stereocenters. The Morgan fingerprint density at radius 2 is 0.500 bits per heavy atom. The Bertz CT molecular complexity index is 2180. The maximum Gasteiger partial charge on any atom is 0.309 e. The van der Waals surface area contributed by atoms with E-state index < -0.39 is 61.4 Å². The largest absolute Gasteiger partial charge is 0.466 e. The molecule has 0 aliphatic carbocycles. The maximum atomic E-state index is 13.2. The molecule has 0 aromatic heterocycles. The van der Waals surface area contributed by atoms with Crippen molar-refractivity contribution in [1.29, 1.82) is 0 Å². The number of hydrogen-bond acceptors (Lipinski definition) is 24. The average molecular weight is 1510 g/mol. The highest BCUT2D eigenvalue weighted by molar-refractivity contribution is 8.13. The molecular formula is C78H136N4O20S2. The van der Waals surface area contributed by atoms with E-state index in [2.05, 4.69) is 38.3 Å². The highest BCUT2D eigenvalue weighted by Gasteiger charge is 2.34. The summed E-state index contributed by atoms with van der Waals surface area (Å²) in [5, 5.41) is 4.94. The molecular weight excluding hydrogens is 1380 g/mol. The molecule has 1 saturated heterocycles. The zero-order valence-corrected chi connectivity index (χ0v) is 66.1. The second kappa shape index (κ2) is 69.4. The molecule has 24 nitrogen and oxygen atoms in total. The number of nitrogens with zero attached hydrogens (tertiary/aromatic N) is 2. The summed E-state index contributed by atoms with van der Waals surface area (Å²) >= 11 is 2.06. The van der Waals surface area contributed by atoms with Gasteiger partial charge in [-0.25, -0.2) is 0 Å². The van der Waals surface area contributed by atoms with Gasteiger partial charge >= 0.3 is 47.8 Å². The smallest absolute Gasteiger partial charge is 0.309 e. The summed E-state index contributed by atoms with van der Waals surface area (Å²) in [6, 6.07) is -1.94. The molecule has 2 amide bonds. The van der Waals surface area contributed by atoms with E-state index in [1.54, 1.807) is 0 Å². The summed E-state index contributed by atoms with van der Waals surface area (Å²) in [5.74, 6) is -3.43. The molecule has 2 N–H and O–H groups in total. The molecule has 0 aromatic rings. The Kier molecular flexibility index (Phi) is 64.5. The van der Waals surface area contributed by atoms with Crippen LogP contribution in [0.2, 0.25) is 0 Å². The normalized spacial score (nSPS) is 13.4. The first kappa shape index (κ1) is 96.7. The highest BCUT2D eigenvalue weighted by atomic mass is 32.2. The minimum Gasteiger partial charge on any atom is -0.466 e. The van der Waals surface area contributed by atoms with Crippen molar-refractivity contribution in [1.82, 2.24) is 20.4 Å². The number of piperazine rings is 1. The number of esters is 8. The van der Waals surface area contributed by atoms with E-state index in [0.29, 0.717) is 63.5 Å². The SMILES string of the molecule is CCCCCCCC(=O)OCCCCCCCCCOC(=O)CCN(CCSC(=O)CCC1NC(=O)C(CCC(=O)SCCN(CCC(=O)OCCCCCCCCCOC(=O)CCCCCCC)CCC(=O)OCOC(=O)CCCCCCC)NC1=O)CCC(=O)OCOC(=O)CCCCCCC. The molecule has 0 spiro atoms. The Morgan fingerprint density at radius 3 is 0.769 bits per heavy atom. The van der Waals surface area contributed by atoms with Crippen LogP contribution in [0.4, 0.5) is 0 Å². The second-order valence-electron chi connectivity index (χ2n) is 27.1. The van der Waals surface area contributed by atoms with Crippen molar-refractivity contribution in [2.24, 2.45) is 0 Å². The first-order chi connectivity index (χ1) is 50.5. The van der Waals surface area contributed by atoms with Gasteiger partial charge in [-0.3, -0.25) is 57.5 Å². The molecule has 0 aromatic carbocycles. The van der Waals surface area contributed by atoms with Gasteiger partial charge in [0.25, 0.3) is 0 Å². The van der Waals surface area contributed by atoms with Crippen LogP contribution < -0.4 is 10.6 Å². The van der Waals surface area contributed by atoms with Gasteiger partial charge in [0.2, 0.25) is 25.4 Å². The van der Waals surface area contributed by atoms with Gasteiger partial charge in [0.05, 0.1) is 52.1 Å².